The maximum atomic E-state index is 14.5. The van der Waals surface area contributed by atoms with E-state index in [9.17, 15) is 9.36 Å². The van der Waals surface area contributed by atoms with Crippen LogP contribution < -0.4 is 0 Å². The second kappa shape index (κ2) is 11.8. The lowest BCUT2D eigenvalue weighted by Crippen LogP contribution is -2.49. The SMILES string of the molecule is CCOP(=O)(OCC)[C@]1(C(=O)O[C@@H]2C[C@H](C)CC[C@H]2C(C)(C)c2ccccc2)N=NC[C@@H]1c1ccccc1. The van der Waals surface area contributed by atoms with Gasteiger partial charge in [0.15, 0.2) is 0 Å². The van der Waals surface area contributed by atoms with Crippen LogP contribution >= 0.6 is 7.60 Å². The summed E-state index contributed by atoms with van der Waals surface area (Å²) in [4.78, 5) is 14.4. The van der Waals surface area contributed by atoms with Crippen LogP contribution in [-0.2, 0) is 28.6 Å². The van der Waals surface area contributed by atoms with Crippen LogP contribution in [0.5, 0.6) is 0 Å². The zero-order chi connectivity index (χ0) is 27.4. The fourth-order valence-corrected chi connectivity index (χ4v) is 8.36. The minimum atomic E-state index is -4.11. The molecule has 0 saturated heterocycles. The Morgan fingerprint density at radius 1 is 1.00 bits per heavy atom. The van der Waals surface area contributed by atoms with E-state index in [1.807, 2.05) is 48.5 Å². The van der Waals surface area contributed by atoms with Crippen molar-refractivity contribution in [3.63, 3.8) is 0 Å². The molecule has 0 unspecified atom stereocenters. The number of hydrogen-bond donors (Lipinski definition) is 0. The van der Waals surface area contributed by atoms with Gasteiger partial charge in [-0.15, -0.1) is 0 Å². The molecule has 4 rings (SSSR count). The molecule has 7 nitrogen and oxygen atoms in total. The second-order valence-electron chi connectivity index (χ2n) is 11.0. The Hall–Kier alpha value is -2.34. The molecular formula is C30H41N2O5P. The highest BCUT2D eigenvalue weighted by Crippen LogP contribution is 2.68. The topological polar surface area (TPSA) is 86.5 Å². The highest BCUT2D eigenvalue weighted by molar-refractivity contribution is 7.56. The minimum absolute atomic E-state index is 0.0780. The van der Waals surface area contributed by atoms with Gasteiger partial charge in [0, 0.05) is 5.92 Å². The summed E-state index contributed by atoms with van der Waals surface area (Å²) < 4.78 is 32.5. The molecule has 1 fully saturated rings. The number of ether oxygens (including phenoxy) is 1. The van der Waals surface area contributed by atoms with Crippen LogP contribution in [0.3, 0.4) is 0 Å². The van der Waals surface area contributed by atoms with Crippen LogP contribution in [0.1, 0.15) is 70.9 Å². The molecule has 38 heavy (non-hydrogen) atoms. The first-order valence-corrected chi connectivity index (χ1v) is 15.3. The van der Waals surface area contributed by atoms with Gasteiger partial charge in [-0.1, -0.05) is 87.9 Å². The fourth-order valence-electron chi connectivity index (χ4n) is 6.16. The highest BCUT2D eigenvalue weighted by atomic mass is 31.2. The third-order valence-electron chi connectivity index (χ3n) is 8.25. The van der Waals surface area contributed by atoms with E-state index in [1.165, 1.54) is 5.56 Å². The standard InChI is InChI=1S/C30H41N2O5P/c1-6-35-38(34,36-7-2)30(26(21-31-32-30)23-14-10-8-11-15-23)28(33)37-27-20-22(3)18-19-25(27)29(4,5)24-16-12-9-13-17-24/h8-17,22,25-27H,6-7,18-21H2,1-5H3/t22-,25-,26-,27-,30-/m1/s1. The van der Waals surface area contributed by atoms with Gasteiger partial charge in [-0.05, 0) is 49.1 Å². The molecule has 0 amide bonds. The van der Waals surface area contributed by atoms with Gasteiger partial charge in [-0.2, -0.15) is 10.2 Å². The summed E-state index contributed by atoms with van der Waals surface area (Å²) in [6.45, 7) is 10.5. The van der Waals surface area contributed by atoms with Gasteiger partial charge < -0.3 is 13.8 Å². The number of carbonyl (C=O) groups excluding carboxylic acids is 1. The number of nitrogens with zero attached hydrogens (tertiary/aromatic N) is 2. The van der Waals surface area contributed by atoms with Gasteiger partial charge in [0.2, 0.25) is 0 Å². The van der Waals surface area contributed by atoms with E-state index < -0.39 is 24.8 Å². The Kier molecular flexibility index (Phi) is 8.91. The summed E-state index contributed by atoms with van der Waals surface area (Å²) in [5.74, 6) is -0.825. The number of carbonyl (C=O) groups is 1. The zero-order valence-corrected chi connectivity index (χ0v) is 24.1. The van der Waals surface area contributed by atoms with Gasteiger partial charge in [0.05, 0.1) is 25.7 Å². The summed E-state index contributed by atoms with van der Waals surface area (Å²) in [5.41, 5.74) is 1.76. The Bertz CT molecular complexity index is 1150. The van der Waals surface area contributed by atoms with Crippen LogP contribution in [0.4, 0.5) is 0 Å². The van der Waals surface area contributed by atoms with Gasteiger partial charge in [0.1, 0.15) is 6.10 Å². The number of hydrogen-bond acceptors (Lipinski definition) is 7. The van der Waals surface area contributed by atoms with E-state index in [2.05, 4.69) is 43.1 Å². The molecule has 0 spiro atoms. The molecule has 0 radical (unpaired) electrons. The molecule has 2 aromatic carbocycles. The minimum Gasteiger partial charge on any atom is -0.460 e. The highest BCUT2D eigenvalue weighted by Gasteiger charge is 2.67. The molecule has 1 saturated carbocycles. The first-order chi connectivity index (χ1) is 18.2. The molecule has 206 valence electrons. The van der Waals surface area contributed by atoms with Crippen molar-refractivity contribution in [2.45, 2.75) is 76.6 Å². The first kappa shape index (κ1) is 28.7. The Balaban J connectivity index is 1.76. The van der Waals surface area contributed by atoms with Gasteiger partial charge in [0.25, 0.3) is 5.28 Å². The van der Waals surface area contributed by atoms with Crippen molar-refractivity contribution in [1.82, 2.24) is 0 Å². The number of azo groups is 1. The summed E-state index contributed by atoms with van der Waals surface area (Å²) in [7, 11) is -4.11. The van der Waals surface area contributed by atoms with Crippen molar-refractivity contribution in [3.05, 3.63) is 71.8 Å². The monoisotopic (exact) mass is 540 g/mol. The van der Waals surface area contributed by atoms with Crippen LogP contribution in [0.25, 0.3) is 0 Å². The van der Waals surface area contributed by atoms with Crippen molar-refractivity contribution in [2.75, 3.05) is 19.8 Å². The predicted molar refractivity (Wildman–Crippen MR) is 148 cm³/mol. The molecule has 0 aromatic heterocycles. The van der Waals surface area contributed by atoms with Gasteiger partial charge >= 0.3 is 13.6 Å². The summed E-state index contributed by atoms with van der Waals surface area (Å²) in [6.07, 6.45) is 2.33. The Morgan fingerprint density at radius 3 is 2.21 bits per heavy atom. The van der Waals surface area contributed by atoms with Crippen molar-refractivity contribution >= 4 is 13.6 Å². The lowest BCUT2D eigenvalue weighted by Gasteiger charge is -2.45. The van der Waals surface area contributed by atoms with Crippen LogP contribution in [0, 0.1) is 11.8 Å². The molecule has 1 aliphatic heterocycles. The van der Waals surface area contributed by atoms with Crippen molar-refractivity contribution in [1.29, 1.82) is 0 Å². The van der Waals surface area contributed by atoms with E-state index in [4.69, 9.17) is 13.8 Å². The number of esters is 1. The third kappa shape index (κ3) is 5.25. The Morgan fingerprint density at radius 2 is 1.61 bits per heavy atom. The summed E-state index contributed by atoms with van der Waals surface area (Å²) in [5, 5.41) is 6.76. The average Bonchev–Trinajstić information content (AvgIpc) is 3.37. The lowest BCUT2D eigenvalue weighted by atomic mass is 9.64. The lowest BCUT2D eigenvalue weighted by molar-refractivity contribution is -0.161. The van der Waals surface area contributed by atoms with Crippen molar-refractivity contribution in [2.24, 2.45) is 22.1 Å². The van der Waals surface area contributed by atoms with E-state index in [0.29, 0.717) is 5.92 Å². The first-order valence-electron chi connectivity index (χ1n) is 13.8. The van der Waals surface area contributed by atoms with Crippen LogP contribution in [0.15, 0.2) is 70.9 Å². The van der Waals surface area contributed by atoms with Crippen LogP contribution in [0.2, 0.25) is 0 Å². The van der Waals surface area contributed by atoms with E-state index in [1.54, 1.807) is 13.8 Å². The number of rotatable bonds is 10. The molecule has 5 atom stereocenters. The second-order valence-corrected chi connectivity index (χ2v) is 13.2. The largest absolute Gasteiger partial charge is 0.460 e. The number of benzene rings is 2. The Labute approximate surface area is 226 Å². The molecule has 2 aromatic rings. The quantitative estimate of drug-likeness (QED) is 0.230. The molecule has 0 N–H and O–H groups in total. The van der Waals surface area contributed by atoms with Gasteiger partial charge in [-0.3, -0.25) is 4.57 Å². The molecule has 1 aliphatic carbocycles. The average molecular weight is 541 g/mol. The maximum absolute atomic E-state index is 14.5. The van der Waals surface area contributed by atoms with Gasteiger partial charge in [-0.25, -0.2) is 4.79 Å². The smallest absolute Gasteiger partial charge is 0.372 e. The fraction of sp³-hybridized carbons (Fsp3) is 0.567. The predicted octanol–water partition coefficient (Wildman–Crippen LogP) is 7.52. The summed E-state index contributed by atoms with van der Waals surface area (Å²) in [6, 6.07) is 19.8. The molecule has 0 bridgehead atoms. The normalized spacial score (nSPS) is 27.8. The van der Waals surface area contributed by atoms with E-state index in [0.717, 1.165) is 24.8 Å². The van der Waals surface area contributed by atoms with Crippen LogP contribution in [-0.4, -0.2) is 37.1 Å². The molecule has 2 aliphatic rings. The molecule has 1 heterocycles. The third-order valence-corrected chi connectivity index (χ3v) is 10.9. The molecular weight excluding hydrogens is 499 g/mol. The van der Waals surface area contributed by atoms with Crippen molar-refractivity contribution < 1.29 is 23.1 Å². The van der Waals surface area contributed by atoms with E-state index in [-0.39, 0.29) is 37.2 Å². The molecule has 8 heteroatoms. The zero-order valence-electron chi connectivity index (χ0n) is 23.2. The van der Waals surface area contributed by atoms with Crippen molar-refractivity contribution in [3.8, 4) is 0 Å². The maximum Gasteiger partial charge on any atom is 0.372 e. The van der Waals surface area contributed by atoms with E-state index >= 15 is 0 Å². The summed E-state index contributed by atoms with van der Waals surface area (Å²) >= 11 is 0.